The van der Waals surface area contributed by atoms with Crippen LogP contribution in [0.25, 0.3) is 0 Å². The fraction of sp³-hybridized carbons (Fsp3) is 0.417. The third kappa shape index (κ3) is 4.20. The molecular formula is C12H18BrN4S+. The lowest BCUT2D eigenvalue weighted by Crippen LogP contribution is -3.12. The molecule has 0 radical (unpaired) electrons. The lowest BCUT2D eigenvalue weighted by molar-refractivity contribution is -0.884. The maximum atomic E-state index is 5.30. The topological polar surface area (TPSA) is 31.7 Å². The molecule has 18 heavy (non-hydrogen) atoms. The van der Waals surface area contributed by atoms with E-state index in [2.05, 4.69) is 38.7 Å². The molecule has 1 saturated heterocycles. The van der Waals surface area contributed by atoms with Crippen molar-refractivity contribution < 1.29 is 4.90 Å². The van der Waals surface area contributed by atoms with Crippen LogP contribution < -0.4 is 15.6 Å². The summed E-state index contributed by atoms with van der Waals surface area (Å²) in [5, 5.41) is 6.00. The second-order valence-electron chi connectivity index (χ2n) is 4.52. The van der Waals surface area contributed by atoms with Crippen LogP contribution in [0.3, 0.4) is 0 Å². The molecule has 0 aliphatic carbocycles. The maximum absolute atomic E-state index is 5.30. The van der Waals surface area contributed by atoms with Gasteiger partial charge in [0.15, 0.2) is 5.11 Å². The van der Waals surface area contributed by atoms with Crippen LogP contribution in [-0.2, 0) is 0 Å². The lowest BCUT2D eigenvalue weighted by atomic mass is 10.3. The van der Waals surface area contributed by atoms with Crippen molar-refractivity contribution in [2.45, 2.75) is 0 Å². The predicted octanol–water partition coefficient (Wildman–Crippen LogP) is 0.481. The molecule has 1 aromatic carbocycles. The number of nitrogens with zero attached hydrogens (tertiary/aromatic N) is 1. The summed E-state index contributed by atoms with van der Waals surface area (Å²) < 4.78 is 1.04. The van der Waals surface area contributed by atoms with Gasteiger partial charge in [0.2, 0.25) is 0 Å². The molecule has 0 amide bonds. The van der Waals surface area contributed by atoms with E-state index >= 15 is 0 Å². The van der Waals surface area contributed by atoms with Gasteiger partial charge in [0.25, 0.3) is 0 Å². The monoisotopic (exact) mass is 329 g/mol. The molecule has 6 heteroatoms. The molecule has 1 aromatic rings. The Morgan fingerprint density at radius 3 is 2.78 bits per heavy atom. The number of halogens is 1. The van der Waals surface area contributed by atoms with Crippen molar-refractivity contribution in [3.05, 3.63) is 28.7 Å². The molecule has 1 aliphatic rings. The number of nitrogens with one attached hydrogen (secondary N) is 3. The Bertz CT molecular complexity index is 418. The first-order valence-corrected chi connectivity index (χ1v) is 7.23. The van der Waals surface area contributed by atoms with Crippen LogP contribution in [0.1, 0.15) is 0 Å². The number of thiocarbonyl (C=S) groups is 1. The van der Waals surface area contributed by atoms with Crippen molar-refractivity contribution in [1.29, 1.82) is 0 Å². The zero-order valence-corrected chi connectivity index (χ0v) is 12.8. The molecule has 4 nitrogen and oxygen atoms in total. The summed E-state index contributed by atoms with van der Waals surface area (Å²) in [6.45, 7) is 4.33. The normalized spacial score (nSPS) is 17.4. The Hall–Kier alpha value is -0.690. The van der Waals surface area contributed by atoms with E-state index in [0.29, 0.717) is 5.11 Å². The largest absolute Gasteiger partial charge is 0.335 e. The first-order valence-electron chi connectivity index (χ1n) is 6.03. The zero-order chi connectivity index (χ0) is 13.0. The van der Waals surface area contributed by atoms with E-state index < -0.39 is 0 Å². The van der Waals surface area contributed by atoms with Gasteiger partial charge in [-0.3, -0.25) is 5.43 Å². The van der Waals surface area contributed by atoms with Gasteiger partial charge in [-0.05, 0) is 30.4 Å². The summed E-state index contributed by atoms with van der Waals surface area (Å²) in [4.78, 5) is 1.57. The first-order chi connectivity index (χ1) is 8.63. The van der Waals surface area contributed by atoms with Gasteiger partial charge < -0.3 is 10.2 Å². The summed E-state index contributed by atoms with van der Waals surface area (Å²) in [5.74, 6) is 0. The quantitative estimate of drug-likeness (QED) is 0.689. The maximum Gasteiger partial charge on any atom is 0.185 e. The van der Waals surface area contributed by atoms with E-state index in [1.165, 1.54) is 0 Å². The van der Waals surface area contributed by atoms with Crippen LogP contribution in [0.5, 0.6) is 0 Å². The zero-order valence-electron chi connectivity index (χ0n) is 10.4. The molecule has 3 N–H and O–H groups in total. The van der Waals surface area contributed by atoms with Crippen molar-refractivity contribution in [1.82, 2.24) is 10.4 Å². The number of hydrogen-bond donors (Lipinski definition) is 3. The molecule has 0 spiro atoms. The standard InChI is InChI=1S/C12H17BrN4S/c1-16-5-7-17(8-6-16)15-12(18)14-11-4-2-3-10(13)9-11/h2-4,9H,5-8H2,1H3,(H2,14,15,18)/p+1. The van der Waals surface area contributed by atoms with Crippen LogP contribution in [0.15, 0.2) is 28.7 Å². The number of rotatable bonds is 2. The fourth-order valence-corrected chi connectivity index (χ4v) is 2.52. The molecule has 1 fully saturated rings. The van der Waals surface area contributed by atoms with Crippen molar-refractivity contribution >= 4 is 38.9 Å². The summed E-state index contributed by atoms with van der Waals surface area (Å²) in [5.41, 5.74) is 4.22. The predicted molar refractivity (Wildman–Crippen MR) is 81.7 cm³/mol. The van der Waals surface area contributed by atoms with Crippen molar-refractivity contribution in [3.8, 4) is 0 Å². The molecule has 0 bridgehead atoms. The summed E-state index contributed by atoms with van der Waals surface area (Å²) in [6.07, 6.45) is 0. The highest BCUT2D eigenvalue weighted by atomic mass is 79.9. The molecule has 0 atom stereocenters. The lowest BCUT2D eigenvalue weighted by Gasteiger charge is -2.31. The minimum Gasteiger partial charge on any atom is -0.335 e. The van der Waals surface area contributed by atoms with Crippen LogP contribution in [-0.4, -0.2) is 43.3 Å². The highest BCUT2D eigenvalue weighted by Crippen LogP contribution is 2.15. The first kappa shape index (κ1) is 13.7. The van der Waals surface area contributed by atoms with Gasteiger partial charge in [0, 0.05) is 10.2 Å². The summed E-state index contributed by atoms with van der Waals surface area (Å²) in [6, 6.07) is 7.97. The average molecular weight is 330 g/mol. The highest BCUT2D eigenvalue weighted by Gasteiger charge is 2.16. The smallest absolute Gasteiger partial charge is 0.185 e. The Labute approximate surface area is 121 Å². The van der Waals surface area contributed by atoms with E-state index in [-0.39, 0.29) is 0 Å². The molecule has 2 rings (SSSR count). The molecule has 0 aromatic heterocycles. The number of quaternary nitrogens is 1. The Morgan fingerprint density at radius 1 is 1.39 bits per heavy atom. The van der Waals surface area contributed by atoms with Gasteiger partial charge in [-0.2, -0.15) is 0 Å². The Balaban J connectivity index is 1.82. The SMILES string of the molecule is C[NH+]1CCN(NC(=S)Nc2cccc(Br)c2)CC1. The van der Waals surface area contributed by atoms with Gasteiger partial charge in [0.1, 0.15) is 0 Å². The Kier molecular flexibility index (Phi) is 4.94. The van der Waals surface area contributed by atoms with Crippen LogP contribution in [0.2, 0.25) is 0 Å². The van der Waals surface area contributed by atoms with Crippen molar-refractivity contribution in [3.63, 3.8) is 0 Å². The van der Waals surface area contributed by atoms with Crippen LogP contribution in [0.4, 0.5) is 5.69 Å². The second-order valence-corrected chi connectivity index (χ2v) is 5.84. The van der Waals surface area contributed by atoms with Crippen molar-refractivity contribution in [2.24, 2.45) is 0 Å². The Morgan fingerprint density at radius 2 is 2.11 bits per heavy atom. The number of likely N-dealkylation sites (N-methyl/N-ethyl adjacent to an activating group) is 1. The second kappa shape index (κ2) is 6.47. The third-order valence-corrected chi connectivity index (χ3v) is 3.65. The molecular weight excluding hydrogens is 312 g/mol. The minimum atomic E-state index is 0.646. The molecule has 0 unspecified atom stereocenters. The molecule has 98 valence electrons. The number of piperazine rings is 1. The van der Waals surface area contributed by atoms with Gasteiger partial charge in [-0.15, -0.1) is 0 Å². The van der Waals surface area contributed by atoms with E-state index in [4.69, 9.17) is 12.2 Å². The van der Waals surface area contributed by atoms with Crippen LogP contribution >= 0.6 is 28.1 Å². The van der Waals surface area contributed by atoms with Gasteiger partial charge in [-0.1, -0.05) is 22.0 Å². The number of hydrogen-bond acceptors (Lipinski definition) is 2. The fourth-order valence-electron chi connectivity index (χ4n) is 1.87. The van der Waals surface area contributed by atoms with Gasteiger partial charge >= 0.3 is 0 Å². The summed E-state index contributed by atoms with van der Waals surface area (Å²) in [7, 11) is 2.22. The van der Waals surface area contributed by atoms with Gasteiger partial charge in [-0.25, -0.2) is 5.01 Å². The number of benzene rings is 1. The van der Waals surface area contributed by atoms with E-state index in [1.54, 1.807) is 4.90 Å². The van der Waals surface area contributed by atoms with Crippen LogP contribution in [0, 0.1) is 0 Å². The van der Waals surface area contributed by atoms with E-state index in [0.717, 1.165) is 36.3 Å². The average Bonchev–Trinajstić information content (AvgIpc) is 2.32. The number of anilines is 1. The van der Waals surface area contributed by atoms with Gasteiger partial charge in [0.05, 0.1) is 33.2 Å². The third-order valence-electron chi connectivity index (χ3n) is 2.96. The molecule has 0 saturated carbocycles. The number of hydrazine groups is 1. The van der Waals surface area contributed by atoms with E-state index in [1.807, 2.05) is 24.3 Å². The van der Waals surface area contributed by atoms with Crippen molar-refractivity contribution in [2.75, 3.05) is 38.5 Å². The molecule has 1 aliphatic heterocycles. The molecule has 1 heterocycles. The minimum absolute atomic E-state index is 0.646. The highest BCUT2D eigenvalue weighted by molar-refractivity contribution is 9.10. The summed E-state index contributed by atoms with van der Waals surface area (Å²) >= 11 is 8.74. The van der Waals surface area contributed by atoms with E-state index in [9.17, 15) is 0 Å².